The molecule has 6 nitrogen and oxygen atoms in total. The van der Waals surface area contributed by atoms with E-state index in [-0.39, 0.29) is 12.1 Å². The predicted molar refractivity (Wildman–Crippen MR) is 72.1 cm³/mol. The van der Waals surface area contributed by atoms with Crippen molar-refractivity contribution in [2.24, 2.45) is 0 Å². The van der Waals surface area contributed by atoms with Crippen molar-refractivity contribution >= 4 is 17.5 Å². The topological polar surface area (TPSA) is 66.5 Å². The SMILES string of the molecule is COC[C@@H](C)NC(=O)Nc1ccc(N(C)C)nc1. The molecule has 0 fully saturated rings. The second kappa shape index (κ2) is 6.80. The number of carbonyl (C=O) groups is 1. The van der Waals surface area contributed by atoms with E-state index in [4.69, 9.17) is 4.74 Å². The zero-order valence-electron chi connectivity index (χ0n) is 11.2. The van der Waals surface area contributed by atoms with Gasteiger partial charge in [0.15, 0.2) is 0 Å². The van der Waals surface area contributed by atoms with Gasteiger partial charge in [-0.15, -0.1) is 0 Å². The Morgan fingerprint density at radius 1 is 1.50 bits per heavy atom. The zero-order chi connectivity index (χ0) is 13.5. The van der Waals surface area contributed by atoms with Crippen molar-refractivity contribution in [2.45, 2.75) is 13.0 Å². The van der Waals surface area contributed by atoms with Crippen LogP contribution in [0.3, 0.4) is 0 Å². The van der Waals surface area contributed by atoms with Crippen LogP contribution in [0, 0.1) is 0 Å². The van der Waals surface area contributed by atoms with Gasteiger partial charge in [0.25, 0.3) is 0 Å². The molecule has 1 rings (SSSR count). The summed E-state index contributed by atoms with van der Waals surface area (Å²) in [6, 6.07) is 3.35. The molecule has 1 aromatic heterocycles. The van der Waals surface area contributed by atoms with Gasteiger partial charge in [-0.1, -0.05) is 0 Å². The van der Waals surface area contributed by atoms with Gasteiger partial charge in [-0.3, -0.25) is 0 Å². The highest BCUT2D eigenvalue weighted by Gasteiger charge is 2.07. The van der Waals surface area contributed by atoms with E-state index in [1.165, 1.54) is 0 Å². The lowest BCUT2D eigenvalue weighted by Crippen LogP contribution is -2.38. The quantitative estimate of drug-likeness (QED) is 0.829. The molecule has 0 aliphatic carbocycles. The maximum Gasteiger partial charge on any atom is 0.319 e. The number of hydrogen-bond acceptors (Lipinski definition) is 4. The number of nitrogens with zero attached hydrogens (tertiary/aromatic N) is 2. The number of nitrogens with one attached hydrogen (secondary N) is 2. The first kappa shape index (κ1) is 14.2. The van der Waals surface area contributed by atoms with Crippen LogP contribution in [-0.2, 0) is 4.74 Å². The third kappa shape index (κ3) is 4.58. The highest BCUT2D eigenvalue weighted by Crippen LogP contribution is 2.11. The number of carbonyl (C=O) groups excluding carboxylic acids is 1. The summed E-state index contributed by atoms with van der Waals surface area (Å²) in [5, 5.41) is 5.46. The molecule has 1 heterocycles. The molecule has 1 aromatic rings. The van der Waals surface area contributed by atoms with E-state index >= 15 is 0 Å². The molecule has 2 amide bonds. The van der Waals surface area contributed by atoms with Gasteiger partial charge in [-0.2, -0.15) is 0 Å². The summed E-state index contributed by atoms with van der Waals surface area (Å²) < 4.78 is 4.94. The van der Waals surface area contributed by atoms with Crippen molar-refractivity contribution in [1.82, 2.24) is 10.3 Å². The molecule has 0 aliphatic heterocycles. The molecular weight excluding hydrogens is 232 g/mol. The fraction of sp³-hybridized carbons (Fsp3) is 0.500. The van der Waals surface area contributed by atoms with E-state index in [0.717, 1.165) is 5.82 Å². The summed E-state index contributed by atoms with van der Waals surface area (Å²) in [6.07, 6.45) is 1.62. The van der Waals surface area contributed by atoms with Gasteiger partial charge in [-0.05, 0) is 19.1 Å². The number of amides is 2. The van der Waals surface area contributed by atoms with Crippen molar-refractivity contribution in [2.75, 3.05) is 38.0 Å². The minimum Gasteiger partial charge on any atom is -0.383 e. The standard InChI is InChI=1S/C12H20N4O2/c1-9(8-18-4)14-12(17)15-10-5-6-11(13-7-10)16(2)3/h5-7,9H,8H2,1-4H3,(H2,14,15,17)/t9-/m1/s1. The number of methoxy groups -OCH3 is 1. The van der Waals surface area contributed by atoms with Crippen LogP contribution in [0.15, 0.2) is 18.3 Å². The molecule has 2 N–H and O–H groups in total. The Kier molecular flexibility index (Phi) is 5.38. The number of rotatable bonds is 5. The minimum atomic E-state index is -0.265. The van der Waals surface area contributed by atoms with Crippen molar-refractivity contribution in [3.8, 4) is 0 Å². The van der Waals surface area contributed by atoms with Gasteiger partial charge >= 0.3 is 6.03 Å². The monoisotopic (exact) mass is 252 g/mol. The van der Waals surface area contributed by atoms with Crippen LogP contribution in [0.5, 0.6) is 0 Å². The number of hydrogen-bond donors (Lipinski definition) is 2. The van der Waals surface area contributed by atoms with Crippen LogP contribution >= 0.6 is 0 Å². The van der Waals surface area contributed by atoms with Gasteiger partial charge in [0, 0.05) is 21.2 Å². The van der Waals surface area contributed by atoms with Crippen LogP contribution in [0.1, 0.15) is 6.92 Å². The lowest BCUT2D eigenvalue weighted by molar-refractivity contribution is 0.173. The van der Waals surface area contributed by atoms with Crippen LogP contribution < -0.4 is 15.5 Å². The Morgan fingerprint density at radius 2 is 2.22 bits per heavy atom. The number of pyridine rings is 1. The Morgan fingerprint density at radius 3 is 2.72 bits per heavy atom. The van der Waals surface area contributed by atoms with Crippen LogP contribution in [-0.4, -0.2) is 44.9 Å². The second-order valence-corrected chi connectivity index (χ2v) is 4.25. The number of anilines is 2. The molecule has 0 saturated carbocycles. The van der Waals surface area contributed by atoms with E-state index in [9.17, 15) is 4.79 Å². The van der Waals surface area contributed by atoms with Gasteiger partial charge in [0.05, 0.1) is 24.5 Å². The van der Waals surface area contributed by atoms with E-state index in [1.54, 1.807) is 13.3 Å². The van der Waals surface area contributed by atoms with Gasteiger partial charge < -0.3 is 20.3 Å². The first-order chi connectivity index (χ1) is 8.52. The maximum atomic E-state index is 11.6. The van der Waals surface area contributed by atoms with Gasteiger partial charge in [-0.25, -0.2) is 9.78 Å². The van der Waals surface area contributed by atoms with Crippen molar-refractivity contribution < 1.29 is 9.53 Å². The van der Waals surface area contributed by atoms with E-state index in [1.807, 2.05) is 38.1 Å². The first-order valence-corrected chi connectivity index (χ1v) is 5.72. The minimum absolute atomic E-state index is 0.0380. The molecule has 0 saturated heterocycles. The summed E-state index contributed by atoms with van der Waals surface area (Å²) in [6.45, 7) is 2.35. The third-order valence-corrected chi connectivity index (χ3v) is 2.26. The normalized spacial score (nSPS) is 11.8. The summed E-state index contributed by atoms with van der Waals surface area (Å²) in [5.41, 5.74) is 0.655. The lowest BCUT2D eigenvalue weighted by Gasteiger charge is -2.14. The van der Waals surface area contributed by atoms with Gasteiger partial charge in [0.1, 0.15) is 5.82 Å². The molecule has 6 heteroatoms. The molecule has 0 radical (unpaired) electrons. The van der Waals surface area contributed by atoms with Crippen LogP contribution in [0.2, 0.25) is 0 Å². The number of aromatic nitrogens is 1. The molecule has 0 aliphatic rings. The predicted octanol–water partition coefficient (Wildman–Crippen LogP) is 1.30. The van der Waals surface area contributed by atoms with E-state index in [2.05, 4.69) is 15.6 Å². The molecule has 100 valence electrons. The van der Waals surface area contributed by atoms with Crippen molar-refractivity contribution in [3.05, 3.63) is 18.3 Å². The molecule has 0 spiro atoms. The molecule has 18 heavy (non-hydrogen) atoms. The lowest BCUT2D eigenvalue weighted by atomic mass is 10.3. The van der Waals surface area contributed by atoms with Crippen molar-refractivity contribution in [1.29, 1.82) is 0 Å². The Labute approximate surface area is 107 Å². The summed E-state index contributed by atoms with van der Waals surface area (Å²) in [4.78, 5) is 17.7. The summed E-state index contributed by atoms with van der Waals surface area (Å²) in [7, 11) is 5.42. The third-order valence-electron chi connectivity index (χ3n) is 2.26. The fourth-order valence-electron chi connectivity index (χ4n) is 1.41. The van der Waals surface area contributed by atoms with Crippen LogP contribution in [0.4, 0.5) is 16.3 Å². The highest BCUT2D eigenvalue weighted by molar-refractivity contribution is 5.89. The smallest absolute Gasteiger partial charge is 0.319 e. The van der Waals surface area contributed by atoms with Crippen molar-refractivity contribution in [3.63, 3.8) is 0 Å². The molecule has 1 atom stereocenters. The first-order valence-electron chi connectivity index (χ1n) is 5.72. The Bertz CT molecular complexity index is 378. The summed E-state index contributed by atoms with van der Waals surface area (Å²) >= 11 is 0. The van der Waals surface area contributed by atoms with E-state index < -0.39 is 0 Å². The molecule has 0 aromatic carbocycles. The molecule has 0 bridgehead atoms. The van der Waals surface area contributed by atoms with Gasteiger partial charge in [0.2, 0.25) is 0 Å². The Hall–Kier alpha value is -1.82. The average molecular weight is 252 g/mol. The van der Waals surface area contributed by atoms with Crippen LogP contribution in [0.25, 0.3) is 0 Å². The molecule has 0 unspecified atom stereocenters. The Balaban J connectivity index is 2.49. The molecular formula is C12H20N4O2. The fourth-order valence-corrected chi connectivity index (χ4v) is 1.41. The average Bonchev–Trinajstić information content (AvgIpc) is 2.29. The second-order valence-electron chi connectivity index (χ2n) is 4.25. The maximum absolute atomic E-state index is 11.6. The number of ether oxygens (including phenoxy) is 1. The largest absolute Gasteiger partial charge is 0.383 e. The number of urea groups is 1. The summed E-state index contributed by atoms with van der Waals surface area (Å²) in [5.74, 6) is 0.841. The highest BCUT2D eigenvalue weighted by atomic mass is 16.5. The van der Waals surface area contributed by atoms with E-state index in [0.29, 0.717) is 12.3 Å². The zero-order valence-corrected chi connectivity index (χ0v) is 11.2.